The Labute approximate surface area is 93.2 Å². The molecular weight excluding hydrogens is 270 g/mol. The van der Waals surface area contributed by atoms with E-state index in [4.69, 9.17) is 0 Å². The summed E-state index contributed by atoms with van der Waals surface area (Å²) in [6, 6.07) is 1.61. The molecule has 15 heavy (non-hydrogen) atoms. The summed E-state index contributed by atoms with van der Waals surface area (Å²) >= 11 is 2.87. The Morgan fingerprint density at radius 1 is 1.33 bits per heavy atom. The van der Waals surface area contributed by atoms with Crippen molar-refractivity contribution in [1.82, 2.24) is 5.32 Å². The van der Waals surface area contributed by atoms with E-state index in [2.05, 4.69) is 21.2 Å². The van der Waals surface area contributed by atoms with Crippen molar-refractivity contribution >= 4 is 27.6 Å². The van der Waals surface area contributed by atoms with Crippen molar-refractivity contribution in [3.8, 4) is 0 Å². The Morgan fingerprint density at radius 2 is 2.07 bits per heavy atom. The van der Waals surface area contributed by atoms with Gasteiger partial charge in [0, 0.05) is 19.2 Å². The fourth-order valence-electron chi connectivity index (χ4n) is 1.42. The Balaban J connectivity index is 2.43. The molecule has 1 heterocycles. The van der Waals surface area contributed by atoms with Crippen LogP contribution in [0.1, 0.15) is 0 Å². The molecule has 2 rings (SSSR count). The minimum absolute atomic E-state index is 0.0364. The SMILES string of the molecule is O=C1NCCN1c1cc(F)c(Br)cc1F. The molecule has 2 amide bonds. The Kier molecular flexibility index (Phi) is 2.60. The maximum atomic E-state index is 13.4. The summed E-state index contributed by atoms with van der Waals surface area (Å²) in [6.07, 6.45) is 0. The van der Waals surface area contributed by atoms with Crippen molar-refractivity contribution in [3.63, 3.8) is 0 Å². The molecule has 1 N–H and O–H groups in total. The Bertz CT molecular complexity index is 425. The van der Waals surface area contributed by atoms with Crippen LogP contribution in [0.5, 0.6) is 0 Å². The lowest BCUT2D eigenvalue weighted by Gasteiger charge is -2.15. The zero-order valence-electron chi connectivity index (χ0n) is 7.56. The van der Waals surface area contributed by atoms with Gasteiger partial charge < -0.3 is 5.32 Å². The molecule has 0 atom stereocenters. The number of halogens is 3. The van der Waals surface area contributed by atoms with Crippen molar-refractivity contribution in [2.45, 2.75) is 0 Å². The van der Waals surface area contributed by atoms with Crippen LogP contribution < -0.4 is 10.2 Å². The number of anilines is 1. The summed E-state index contributed by atoms with van der Waals surface area (Å²) in [5.74, 6) is -1.22. The van der Waals surface area contributed by atoms with Crippen LogP contribution in [0.2, 0.25) is 0 Å². The van der Waals surface area contributed by atoms with E-state index < -0.39 is 17.7 Å². The monoisotopic (exact) mass is 276 g/mol. The first kappa shape index (κ1) is 10.4. The number of rotatable bonds is 1. The zero-order chi connectivity index (χ0) is 11.0. The van der Waals surface area contributed by atoms with Crippen LogP contribution in [-0.4, -0.2) is 19.1 Å². The van der Waals surface area contributed by atoms with Gasteiger partial charge in [0.25, 0.3) is 0 Å². The molecular formula is C9H7BrF2N2O. The third kappa shape index (κ3) is 1.81. The van der Waals surface area contributed by atoms with Crippen LogP contribution in [0.25, 0.3) is 0 Å². The van der Waals surface area contributed by atoms with Gasteiger partial charge in [-0.15, -0.1) is 0 Å². The molecule has 1 aliphatic rings. The van der Waals surface area contributed by atoms with Crippen LogP contribution in [0.4, 0.5) is 19.3 Å². The van der Waals surface area contributed by atoms with E-state index in [0.717, 1.165) is 12.1 Å². The number of hydrogen-bond acceptors (Lipinski definition) is 1. The highest BCUT2D eigenvalue weighted by Crippen LogP contribution is 2.27. The van der Waals surface area contributed by atoms with Crippen molar-refractivity contribution in [2.24, 2.45) is 0 Å². The molecule has 0 aliphatic carbocycles. The average molecular weight is 277 g/mol. The number of amides is 2. The zero-order valence-corrected chi connectivity index (χ0v) is 9.14. The molecule has 0 unspecified atom stereocenters. The van der Waals surface area contributed by atoms with Crippen molar-refractivity contribution in [1.29, 1.82) is 0 Å². The Hall–Kier alpha value is -1.17. The number of nitrogens with one attached hydrogen (secondary N) is 1. The lowest BCUT2D eigenvalue weighted by Crippen LogP contribution is -2.28. The maximum absolute atomic E-state index is 13.4. The van der Waals surface area contributed by atoms with Gasteiger partial charge in [-0.3, -0.25) is 4.90 Å². The van der Waals surface area contributed by atoms with Gasteiger partial charge in [-0.05, 0) is 22.0 Å². The molecule has 0 bridgehead atoms. The first-order chi connectivity index (χ1) is 7.09. The molecule has 1 fully saturated rings. The summed E-state index contributed by atoms with van der Waals surface area (Å²) in [5, 5.41) is 2.52. The molecule has 1 aromatic carbocycles. The molecule has 80 valence electrons. The van der Waals surface area contributed by atoms with Gasteiger partial charge in [-0.2, -0.15) is 0 Å². The number of carbonyl (C=O) groups excluding carboxylic acids is 1. The highest BCUT2D eigenvalue weighted by atomic mass is 79.9. The number of nitrogens with zero attached hydrogens (tertiary/aromatic N) is 1. The summed E-state index contributed by atoms with van der Waals surface area (Å²) in [6.45, 7) is 0.785. The number of benzene rings is 1. The van der Waals surface area contributed by atoms with Crippen molar-refractivity contribution in [3.05, 3.63) is 28.2 Å². The third-order valence-electron chi connectivity index (χ3n) is 2.14. The van der Waals surface area contributed by atoms with E-state index in [-0.39, 0.29) is 10.2 Å². The van der Waals surface area contributed by atoms with Crippen LogP contribution in [-0.2, 0) is 0 Å². The summed E-state index contributed by atoms with van der Waals surface area (Å²) in [5.41, 5.74) is -0.0364. The highest BCUT2D eigenvalue weighted by molar-refractivity contribution is 9.10. The maximum Gasteiger partial charge on any atom is 0.322 e. The normalized spacial score (nSPS) is 15.7. The van der Waals surface area contributed by atoms with E-state index in [1.807, 2.05) is 0 Å². The lowest BCUT2D eigenvalue weighted by molar-refractivity contribution is 0.252. The molecule has 0 aromatic heterocycles. The van der Waals surface area contributed by atoms with Crippen LogP contribution in [0.15, 0.2) is 16.6 Å². The fraction of sp³-hybridized carbons (Fsp3) is 0.222. The van der Waals surface area contributed by atoms with Crippen LogP contribution >= 0.6 is 15.9 Å². The van der Waals surface area contributed by atoms with Gasteiger partial charge in [0.1, 0.15) is 11.6 Å². The highest BCUT2D eigenvalue weighted by Gasteiger charge is 2.24. The van der Waals surface area contributed by atoms with E-state index in [0.29, 0.717) is 13.1 Å². The second-order valence-electron chi connectivity index (χ2n) is 3.10. The van der Waals surface area contributed by atoms with Crippen LogP contribution in [0, 0.1) is 11.6 Å². The first-order valence-electron chi connectivity index (χ1n) is 4.29. The summed E-state index contributed by atoms with van der Waals surface area (Å²) < 4.78 is 26.6. The van der Waals surface area contributed by atoms with Gasteiger partial charge in [-0.25, -0.2) is 13.6 Å². The van der Waals surface area contributed by atoms with Crippen molar-refractivity contribution in [2.75, 3.05) is 18.0 Å². The minimum atomic E-state index is -0.625. The van der Waals surface area contributed by atoms with E-state index in [1.54, 1.807) is 0 Å². The van der Waals surface area contributed by atoms with Gasteiger partial charge in [0.15, 0.2) is 0 Å². The predicted octanol–water partition coefficient (Wildman–Crippen LogP) is 2.26. The van der Waals surface area contributed by atoms with E-state index >= 15 is 0 Å². The molecule has 0 spiro atoms. The Morgan fingerprint density at radius 3 is 2.67 bits per heavy atom. The molecule has 0 radical (unpaired) electrons. The van der Waals surface area contributed by atoms with E-state index in [1.165, 1.54) is 4.90 Å². The molecule has 1 aromatic rings. The molecule has 1 aliphatic heterocycles. The van der Waals surface area contributed by atoms with Crippen LogP contribution in [0.3, 0.4) is 0 Å². The fourth-order valence-corrected chi connectivity index (χ4v) is 1.74. The standard InChI is InChI=1S/C9H7BrF2N2O/c10-5-3-7(12)8(4-6(5)11)14-2-1-13-9(14)15/h3-4H,1-2H2,(H,13,15). The lowest BCUT2D eigenvalue weighted by atomic mass is 10.2. The van der Waals surface area contributed by atoms with Gasteiger partial charge in [0.2, 0.25) is 0 Å². The molecule has 1 saturated heterocycles. The first-order valence-corrected chi connectivity index (χ1v) is 5.09. The average Bonchev–Trinajstić information content (AvgIpc) is 2.58. The smallest absolute Gasteiger partial charge is 0.322 e. The second kappa shape index (κ2) is 3.77. The van der Waals surface area contributed by atoms with Gasteiger partial charge in [-0.1, -0.05) is 0 Å². The summed E-state index contributed by atoms with van der Waals surface area (Å²) in [7, 11) is 0. The third-order valence-corrected chi connectivity index (χ3v) is 2.75. The molecule has 0 saturated carbocycles. The number of urea groups is 1. The topological polar surface area (TPSA) is 32.3 Å². The van der Waals surface area contributed by atoms with Gasteiger partial charge >= 0.3 is 6.03 Å². The molecule has 6 heteroatoms. The second-order valence-corrected chi connectivity index (χ2v) is 3.96. The van der Waals surface area contributed by atoms with Gasteiger partial charge in [0.05, 0.1) is 10.2 Å². The minimum Gasteiger partial charge on any atom is -0.336 e. The predicted molar refractivity (Wildman–Crippen MR) is 54.8 cm³/mol. The largest absolute Gasteiger partial charge is 0.336 e. The number of hydrogen-bond donors (Lipinski definition) is 1. The summed E-state index contributed by atoms with van der Waals surface area (Å²) in [4.78, 5) is 12.4. The quantitative estimate of drug-likeness (QED) is 0.784. The number of carbonyl (C=O) groups is 1. The molecule has 3 nitrogen and oxygen atoms in total. The van der Waals surface area contributed by atoms with Crippen molar-refractivity contribution < 1.29 is 13.6 Å². The van der Waals surface area contributed by atoms with E-state index in [9.17, 15) is 13.6 Å².